The summed E-state index contributed by atoms with van der Waals surface area (Å²) in [6.07, 6.45) is 1.92. The SMILES string of the molecule is CCNc1ccc(CSc2cccc(OC)c2)cn1. The third-order valence-corrected chi connectivity index (χ3v) is 3.69. The summed E-state index contributed by atoms with van der Waals surface area (Å²) in [5.74, 6) is 2.73. The lowest BCUT2D eigenvalue weighted by Crippen LogP contribution is -1.98. The van der Waals surface area contributed by atoms with Crippen LogP contribution in [0.2, 0.25) is 0 Å². The van der Waals surface area contributed by atoms with Crippen LogP contribution in [0.25, 0.3) is 0 Å². The van der Waals surface area contributed by atoms with Gasteiger partial charge in [0, 0.05) is 23.4 Å². The molecule has 1 N–H and O–H groups in total. The number of thioether (sulfide) groups is 1. The van der Waals surface area contributed by atoms with Crippen molar-refractivity contribution in [2.45, 2.75) is 17.6 Å². The molecule has 0 radical (unpaired) electrons. The van der Waals surface area contributed by atoms with Gasteiger partial charge in [-0.2, -0.15) is 0 Å². The van der Waals surface area contributed by atoms with E-state index in [9.17, 15) is 0 Å². The largest absolute Gasteiger partial charge is 0.497 e. The molecule has 0 amide bonds. The first-order chi connectivity index (χ1) is 9.31. The van der Waals surface area contributed by atoms with Gasteiger partial charge in [0.2, 0.25) is 0 Å². The van der Waals surface area contributed by atoms with Crippen LogP contribution < -0.4 is 10.1 Å². The van der Waals surface area contributed by atoms with E-state index >= 15 is 0 Å². The highest BCUT2D eigenvalue weighted by Gasteiger charge is 1.99. The summed E-state index contributed by atoms with van der Waals surface area (Å²) < 4.78 is 5.22. The normalized spacial score (nSPS) is 10.2. The van der Waals surface area contributed by atoms with Crippen LogP contribution >= 0.6 is 11.8 Å². The Morgan fingerprint density at radius 1 is 1.26 bits per heavy atom. The van der Waals surface area contributed by atoms with Gasteiger partial charge in [0.05, 0.1) is 7.11 Å². The van der Waals surface area contributed by atoms with Crippen LogP contribution in [0.15, 0.2) is 47.5 Å². The van der Waals surface area contributed by atoms with Gasteiger partial charge in [-0.1, -0.05) is 12.1 Å². The van der Waals surface area contributed by atoms with Crippen molar-refractivity contribution in [1.29, 1.82) is 0 Å². The topological polar surface area (TPSA) is 34.1 Å². The molecule has 3 nitrogen and oxygen atoms in total. The number of benzene rings is 1. The van der Waals surface area contributed by atoms with E-state index in [0.717, 1.165) is 23.9 Å². The van der Waals surface area contributed by atoms with E-state index in [1.807, 2.05) is 30.5 Å². The highest BCUT2D eigenvalue weighted by molar-refractivity contribution is 7.98. The second-order valence-electron chi connectivity index (χ2n) is 4.05. The van der Waals surface area contributed by atoms with Crippen molar-refractivity contribution in [2.75, 3.05) is 19.0 Å². The van der Waals surface area contributed by atoms with Crippen molar-refractivity contribution in [3.05, 3.63) is 48.2 Å². The molecule has 0 saturated heterocycles. The minimum absolute atomic E-state index is 0.894. The van der Waals surface area contributed by atoms with Gasteiger partial charge in [-0.3, -0.25) is 0 Å². The van der Waals surface area contributed by atoms with Crippen molar-refractivity contribution >= 4 is 17.6 Å². The third-order valence-electron chi connectivity index (χ3n) is 2.63. The molecule has 0 unspecified atom stereocenters. The lowest BCUT2D eigenvalue weighted by Gasteiger charge is -2.06. The van der Waals surface area contributed by atoms with Crippen LogP contribution in [0.4, 0.5) is 5.82 Å². The number of pyridine rings is 1. The maximum absolute atomic E-state index is 5.22. The fraction of sp³-hybridized carbons (Fsp3) is 0.267. The molecule has 19 heavy (non-hydrogen) atoms. The van der Waals surface area contributed by atoms with Crippen LogP contribution in [-0.2, 0) is 5.75 Å². The summed E-state index contributed by atoms with van der Waals surface area (Å²) in [6.45, 7) is 2.96. The number of hydrogen-bond acceptors (Lipinski definition) is 4. The Hall–Kier alpha value is -1.68. The summed E-state index contributed by atoms with van der Waals surface area (Å²) in [7, 11) is 1.69. The molecule has 0 saturated carbocycles. The fourth-order valence-corrected chi connectivity index (χ4v) is 2.53. The Labute approximate surface area is 118 Å². The molecule has 1 heterocycles. The summed E-state index contributed by atoms with van der Waals surface area (Å²) in [6, 6.07) is 12.2. The summed E-state index contributed by atoms with van der Waals surface area (Å²) in [4.78, 5) is 5.57. The predicted octanol–water partition coefficient (Wildman–Crippen LogP) is 3.81. The highest BCUT2D eigenvalue weighted by Crippen LogP contribution is 2.26. The number of ether oxygens (including phenoxy) is 1. The lowest BCUT2D eigenvalue weighted by molar-refractivity contribution is 0.413. The monoisotopic (exact) mass is 274 g/mol. The molecule has 0 spiro atoms. The summed E-state index contributed by atoms with van der Waals surface area (Å²) in [5, 5.41) is 3.19. The molecule has 0 aliphatic carbocycles. The van der Waals surface area contributed by atoms with E-state index in [0.29, 0.717) is 0 Å². The van der Waals surface area contributed by atoms with Crippen LogP contribution in [0.3, 0.4) is 0 Å². The van der Waals surface area contributed by atoms with Crippen molar-refractivity contribution in [3.63, 3.8) is 0 Å². The maximum Gasteiger partial charge on any atom is 0.125 e. The predicted molar refractivity (Wildman–Crippen MR) is 81.0 cm³/mol. The molecule has 1 aromatic carbocycles. The maximum atomic E-state index is 5.22. The number of anilines is 1. The van der Waals surface area contributed by atoms with Gasteiger partial charge in [-0.25, -0.2) is 4.98 Å². The molecule has 0 bridgehead atoms. The second kappa shape index (κ2) is 7.04. The van der Waals surface area contributed by atoms with Gasteiger partial charge in [0.1, 0.15) is 11.6 Å². The average molecular weight is 274 g/mol. The summed E-state index contributed by atoms with van der Waals surface area (Å²) in [5.41, 5.74) is 1.22. The molecule has 0 aliphatic rings. The Morgan fingerprint density at radius 2 is 2.16 bits per heavy atom. The number of rotatable bonds is 6. The Balaban J connectivity index is 1.94. The zero-order valence-corrected chi connectivity index (χ0v) is 12.0. The molecule has 2 aromatic rings. The molecular formula is C15H18N2OS. The number of methoxy groups -OCH3 is 1. The first-order valence-electron chi connectivity index (χ1n) is 6.27. The van der Waals surface area contributed by atoms with E-state index < -0.39 is 0 Å². The van der Waals surface area contributed by atoms with Gasteiger partial charge in [-0.05, 0) is 36.8 Å². The average Bonchev–Trinajstić information content (AvgIpc) is 2.47. The van der Waals surface area contributed by atoms with E-state index in [4.69, 9.17) is 4.74 Å². The van der Waals surface area contributed by atoms with Crippen LogP contribution in [0, 0.1) is 0 Å². The van der Waals surface area contributed by atoms with Crippen molar-refractivity contribution < 1.29 is 4.74 Å². The van der Waals surface area contributed by atoms with Crippen molar-refractivity contribution in [2.24, 2.45) is 0 Å². The summed E-state index contributed by atoms with van der Waals surface area (Å²) >= 11 is 1.78. The number of nitrogens with one attached hydrogen (secondary N) is 1. The van der Waals surface area contributed by atoms with Gasteiger partial charge in [0.25, 0.3) is 0 Å². The molecule has 1 aromatic heterocycles. The van der Waals surface area contributed by atoms with Crippen molar-refractivity contribution in [1.82, 2.24) is 4.98 Å². The lowest BCUT2D eigenvalue weighted by atomic mass is 10.3. The van der Waals surface area contributed by atoms with E-state index in [1.54, 1.807) is 18.9 Å². The van der Waals surface area contributed by atoms with E-state index in [-0.39, 0.29) is 0 Å². The van der Waals surface area contributed by atoms with Gasteiger partial charge >= 0.3 is 0 Å². The highest BCUT2D eigenvalue weighted by atomic mass is 32.2. The quantitative estimate of drug-likeness (QED) is 0.812. The zero-order valence-electron chi connectivity index (χ0n) is 11.2. The van der Waals surface area contributed by atoms with Gasteiger partial charge < -0.3 is 10.1 Å². The number of hydrogen-bond donors (Lipinski definition) is 1. The van der Waals surface area contributed by atoms with E-state index in [1.165, 1.54) is 10.5 Å². The zero-order chi connectivity index (χ0) is 13.5. The van der Waals surface area contributed by atoms with Crippen LogP contribution in [0.1, 0.15) is 12.5 Å². The first-order valence-corrected chi connectivity index (χ1v) is 7.26. The van der Waals surface area contributed by atoms with Gasteiger partial charge in [0.15, 0.2) is 0 Å². The third kappa shape index (κ3) is 4.17. The molecule has 2 rings (SSSR count). The fourth-order valence-electron chi connectivity index (χ4n) is 1.65. The minimum atomic E-state index is 0.894. The standard InChI is InChI=1S/C15H18N2OS/c1-3-16-15-8-7-12(10-17-15)11-19-14-6-4-5-13(9-14)18-2/h4-10H,3,11H2,1-2H3,(H,16,17). The minimum Gasteiger partial charge on any atom is -0.497 e. The molecule has 4 heteroatoms. The molecule has 0 fully saturated rings. The Kier molecular flexibility index (Phi) is 5.10. The van der Waals surface area contributed by atoms with Gasteiger partial charge in [-0.15, -0.1) is 11.8 Å². The molecule has 0 atom stereocenters. The second-order valence-corrected chi connectivity index (χ2v) is 5.10. The molecule has 100 valence electrons. The first kappa shape index (κ1) is 13.7. The number of aromatic nitrogens is 1. The van der Waals surface area contributed by atoms with E-state index in [2.05, 4.69) is 29.4 Å². The van der Waals surface area contributed by atoms with Crippen LogP contribution in [0.5, 0.6) is 5.75 Å². The Morgan fingerprint density at radius 3 is 2.84 bits per heavy atom. The molecular weight excluding hydrogens is 256 g/mol. The Bertz CT molecular complexity index is 514. The smallest absolute Gasteiger partial charge is 0.125 e. The molecule has 0 aliphatic heterocycles. The van der Waals surface area contributed by atoms with Crippen molar-refractivity contribution in [3.8, 4) is 5.75 Å². The number of nitrogens with zero attached hydrogens (tertiary/aromatic N) is 1. The van der Waals surface area contributed by atoms with Crippen LogP contribution in [-0.4, -0.2) is 18.6 Å².